The first-order chi connectivity index (χ1) is 12.0. The Kier molecular flexibility index (Phi) is 6.57. The van der Waals surface area contributed by atoms with Gasteiger partial charge in [0.05, 0.1) is 6.04 Å². The predicted octanol–water partition coefficient (Wildman–Crippen LogP) is 3.45. The van der Waals surface area contributed by atoms with Crippen molar-refractivity contribution in [2.45, 2.75) is 26.3 Å². The van der Waals surface area contributed by atoms with Crippen molar-refractivity contribution < 1.29 is 19.4 Å². The standard InChI is InChI=1S/C20H23NO4/c1-14(2)12-17(15-8-4-3-5-9-15)21-19(23)13-25-20(24)16-10-6-7-11-18(16)22/h3-11,14,17,22H,12-13H2,1-2H3,(H,21,23)/t17-/m0/s1. The minimum absolute atomic E-state index is 0.0390. The van der Waals surface area contributed by atoms with Crippen LogP contribution in [-0.2, 0) is 9.53 Å². The van der Waals surface area contributed by atoms with Crippen molar-refractivity contribution in [3.05, 3.63) is 65.7 Å². The molecule has 0 spiro atoms. The van der Waals surface area contributed by atoms with Gasteiger partial charge in [0.2, 0.25) is 0 Å². The van der Waals surface area contributed by atoms with Gasteiger partial charge in [0.1, 0.15) is 11.3 Å². The molecule has 0 heterocycles. The highest BCUT2D eigenvalue weighted by Gasteiger charge is 2.18. The average molecular weight is 341 g/mol. The summed E-state index contributed by atoms with van der Waals surface area (Å²) in [5, 5.41) is 12.5. The number of phenols is 1. The van der Waals surface area contributed by atoms with E-state index in [1.807, 2.05) is 30.3 Å². The molecule has 0 unspecified atom stereocenters. The van der Waals surface area contributed by atoms with Crippen molar-refractivity contribution in [1.29, 1.82) is 0 Å². The maximum Gasteiger partial charge on any atom is 0.342 e. The van der Waals surface area contributed by atoms with Gasteiger partial charge in [0, 0.05) is 0 Å². The van der Waals surface area contributed by atoms with E-state index in [0.29, 0.717) is 5.92 Å². The lowest BCUT2D eigenvalue weighted by molar-refractivity contribution is -0.125. The van der Waals surface area contributed by atoms with E-state index in [-0.39, 0.29) is 23.3 Å². The van der Waals surface area contributed by atoms with E-state index in [1.165, 1.54) is 12.1 Å². The van der Waals surface area contributed by atoms with Crippen LogP contribution in [0.1, 0.15) is 42.2 Å². The fraction of sp³-hybridized carbons (Fsp3) is 0.300. The zero-order valence-electron chi connectivity index (χ0n) is 14.4. The second-order valence-electron chi connectivity index (χ2n) is 6.25. The van der Waals surface area contributed by atoms with Gasteiger partial charge in [-0.15, -0.1) is 0 Å². The van der Waals surface area contributed by atoms with Crippen molar-refractivity contribution in [3.8, 4) is 5.75 Å². The minimum atomic E-state index is -0.728. The van der Waals surface area contributed by atoms with Crippen LogP contribution in [0.5, 0.6) is 5.75 Å². The molecule has 25 heavy (non-hydrogen) atoms. The van der Waals surface area contributed by atoms with Crippen LogP contribution in [0, 0.1) is 5.92 Å². The summed E-state index contributed by atoms with van der Waals surface area (Å²) in [5.41, 5.74) is 1.05. The summed E-state index contributed by atoms with van der Waals surface area (Å²) >= 11 is 0. The molecule has 0 radical (unpaired) electrons. The lowest BCUT2D eigenvalue weighted by atomic mass is 9.97. The third-order valence-corrected chi connectivity index (χ3v) is 3.70. The molecule has 132 valence electrons. The molecule has 2 aromatic rings. The number of nitrogens with one attached hydrogen (secondary N) is 1. The van der Waals surface area contributed by atoms with Gasteiger partial charge in [-0.25, -0.2) is 4.79 Å². The highest BCUT2D eigenvalue weighted by atomic mass is 16.5. The number of carbonyl (C=O) groups excluding carboxylic acids is 2. The average Bonchev–Trinajstić information content (AvgIpc) is 2.60. The molecule has 0 saturated carbocycles. The van der Waals surface area contributed by atoms with Crippen LogP contribution in [-0.4, -0.2) is 23.6 Å². The first-order valence-corrected chi connectivity index (χ1v) is 8.26. The zero-order chi connectivity index (χ0) is 18.2. The molecule has 5 nitrogen and oxygen atoms in total. The molecule has 0 aliphatic carbocycles. The number of ether oxygens (including phenoxy) is 1. The van der Waals surface area contributed by atoms with Crippen LogP contribution in [0.4, 0.5) is 0 Å². The Morgan fingerprint density at radius 2 is 1.68 bits per heavy atom. The highest BCUT2D eigenvalue weighted by molar-refractivity contribution is 5.93. The molecule has 2 N–H and O–H groups in total. The van der Waals surface area contributed by atoms with Crippen LogP contribution >= 0.6 is 0 Å². The maximum atomic E-state index is 12.2. The number of hydrogen-bond acceptors (Lipinski definition) is 4. The minimum Gasteiger partial charge on any atom is -0.507 e. The van der Waals surface area contributed by atoms with Crippen LogP contribution in [0.25, 0.3) is 0 Å². The Labute approximate surface area is 147 Å². The molecule has 0 aliphatic heterocycles. The van der Waals surface area contributed by atoms with Gasteiger partial charge in [-0.05, 0) is 30.0 Å². The van der Waals surface area contributed by atoms with Crippen LogP contribution < -0.4 is 5.32 Å². The number of para-hydroxylation sites is 1. The van der Waals surface area contributed by atoms with Gasteiger partial charge >= 0.3 is 5.97 Å². The molecular weight excluding hydrogens is 318 g/mol. The van der Waals surface area contributed by atoms with E-state index < -0.39 is 12.6 Å². The summed E-state index contributed by atoms with van der Waals surface area (Å²) in [6.07, 6.45) is 0.781. The summed E-state index contributed by atoms with van der Waals surface area (Å²) in [4.78, 5) is 24.1. The Morgan fingerprint density at radius 1 is 1.04 bits per heavy atom. The molecule has 0 bridgehead atoms. The summed E-state index contributed by atoms with van der Waals surface area (Å²) in [5.74, 6) is -0.879. The highest BCUT2D eigenvalue weighted by Crippen LogP contribution is 2.21. The molecule has 0 aromatic heterocycles. The first-order valence-electron chi connectivity index (χ1n) is 8.26. The van der Waals surface area contributed by atoms with Gasteiger partial charge in [-0.2, -0.15) is 0 Å². The normalized spacial score (nSPS) is 11.8. The number of esters is 1. The fourth-order valence-electron chi connectivity index (χ4n) is 2.53. The lowest BCUT2D eigenvalue weighted by Gasteiger charge is -2.21. The fourth-order valence-corrected chi connectivity index (χ4v) is 2.53. The smallest absolute Gasteiger partial charge is 0.342 e. The Hall–Kier alpha value is -2.82. The van der Waals surface area contributed by atoms with Gasteiger partial charge in [0.15, 0.2) is 6.61 Å². The van der Waals surface area contributed by atoms with Gasteiger partial charge in [-0.3, -0.25) is 4.79 Å². The number of phenolic OH excluding ortho intramolecular Hbond substituents is 1. The van der Waals surface area contributed by atoms with E-state index in [1.54, 1.807) is 12.1 Å². The zero-order valence-corrected chi connectivity index (χ0v) is 14.4. The SMILES string of the molecule is CC(C)C[C@H](NC(=O)COC(=O)c1ccccc1O)c1ccccc1. The van der Waals surface area contributed by atoms with E-state index in [0.717, 1.165) is 12.0 Å². The number of rotatable bonds is 7. The maximum absolute atomic E-state index is 12.2. The Bertz CT molecular complexity index is 713. The summed E-state index contributed by atoms with van der Waals surface area (Å²) < 4.78 is 5.00. The van der Waals surface area contributed by atoms with Gasteiger partial charge in [0.25, 0.3) is 5.91 Å². The summed E-state index contributed by atoms with van der Waals surface area (Å²) in [6.45, 7) is 3.77. The van der Waals surface area contributed by atoms with Gasteiger partial charge in [-0.1, -0.05) is 56.3 Å². The predicted molar refractivity (Wildman–Crippen MR) is 95.2 cm³/mol. The molecule has 0 aliphatic rings. The molecule has 0 fully saturated rings. The van der Waals surface area contributed by atoms with Crippen molar-refractivity contribution in [1.82, 2.24) is 5.32 Å². The van der Waals surface area contributed by atoms with E-state index in [4.69, 9.17) is 4.74 Å². The van der Waals surface area contributed by atoms with Crippen molar-refractivity contribution >= 4 is 11.9 Å². The number of carbonyl (C=O) groups is 2. The molecule has 1 amide bonds. The monoisotopic (exact) mass is 341 g/mol. The Morgan fingerprint density at radius 3 is 2.32 bits per heavy atom. The largest absolute Gasteiger partial charge is 0.507 e. The number of hydrogen-bond donors (Lipinski definition) is 2. The molecule has 5 heteroatoms. The summed E-state index contributed by atoms with van der Waals surface area (Å²) in [7, 11) is 0. The molecule has 2 rings (SSSR count). The third kappa shape index (κ3) is 5.64. The lowest BCUT2D eigenvalue weighted by Crippen LogP contribution is -2.33. The number of amides is 1. The van der Waals surface area contributed by atoms with E-state index in [2.05, 4.69) is 19.2 Å². The first kappa shape index (κ1) is 18.5. The topological polar surface area (TPSA) is 75.6 Å². The molecule has 0 saturated heterocycles. The molecular formula is C20H23NO4. The number of aromatic hydroxyl groups is 1. The van der Waals surface area contributed by atoms with Crippen molar-refractivity contribution in [2.75, 3.05) is 6.61 Å². The quantitative estimate of drug-likeness (QED) is 0.756. The Balaban J connectivity index is 1.95. The number of benzene rings is 2. The van der Waals surface area contributed by atoms with Crippen LogP contribution in [0.3, 0.4) is 0 Å². The van der Waals surface area contributed by atoms with Crippen LogP contribution in [0.15, 0.2) is 54.6 Å². The van der Waals surface area contributed by atoms with E-state index in [9.17, 15) is 14.7 Å². The third-order valence-electron chi connectivity index (χ3n) is 3.70. The van der Waals surface area contributed by atoms with Crippen molar-refractivity contribution in [2.24, 2.45) is 5.92 Å². The van der Waals surface area contributed by atoms with Gasteiger partial charge < -0.3 is 15.2 Å². The second kappa shape index (κ2) is 8.87. The van der Waals surface area contributed by atoms with Crippen molar-refractivity contribution in [3.63, 3.8) is 0 Å². The molecule has 1 atom stereocenters. The molecule has 2 aromatic carbocycles. The summed E-state index contributed by atoms with van der Waals surface area (Å²) in [6, 6.07) is 15.6. The second-order valence-corrected chi connectivity index (χ2v) is 6.25. The van der Waals surface area contributed by atoms with Crippen LogP contribution in [0.2, 0.25) is 0 Å². The van der Waals surface area contributed by atoms with E-state index >= 15 is 0 Å².